The summed E-state index contributed by atoms with van der Waals surface area (Å²) in [7, 11) is -1.57. The van der Waals surface area contributed by atoms with Gasteiger partial charge >= 0.3 is 5.69 Å². The lowest BCUT2D eigenvalue weighted by atomic mass is 10.3. The van der Waals surface area contributed by atoms with Crippen LogP contribution in [-0.2, 0) is 23.5 Å². The minimum absolute atomic E-state index is 0.0222. The number of sulfonamides is 1. The van der Waals surface area contributed by atoms with Crippen molar-refractivity contribution in [3.05, 3.63) is 15.8 Å². The van der Waals surface area contributed by atoms with Gasteiger partial charge in [0.2, 0.25) is 15.8 Å². The highest BCUT2D eigenvalue weighted by Crippen LogP contribution is 2.28. The van der Waals surface area contributed by atoms with Crippen molar-refractivity contribution in [3.63, 3.8) is 0 Å². The average molecular weight is 305 g/mol. The fourth-order valence-electron chi connectivity index (χ4n) is 1.75. The van der Waals surface area contributed by atoms with Gasteiger partial charge in [0.25, 0.3) is 0 Å². The second-order valence-corrected chi connectivity index (χ2v) is 6.16. The van der Waals surface area contributed by atoms with Crippen LogP contribution >= 0.6 is 0 Å². The van der Waals surface area contributed by atoms with Gasteiger partial charge in [-0.05, 0) is 12.8 Å². The van der Waals surface area contributed by atoms with Gasteiger partial charge in [-0.3, -0.25) is 10.1 Å². The molecule has 0 aliphatic heterocycles. The molecule has 0 fully saturated rings. The highest BCUT2D eigenvalue weighted by Gasteiger charge is 2.25. The number of nitrogens with one attached hydrogen (secondary N) is 2. The quantitative estimate of drug-likeness (QED) is 0.403. The van der Waals surface area contributed by atoms with Crippen molar-refractivity contribution < 1.29 is 13.3 Å². The van der Waals surface area contributed by atoms with Crippen molar-refractivity contribution in [2.45, 2.75) is 19.8 Å². The van der Waals surface area contributed by atoms with Gasteiger partial charge in [-0.1, -0.05) is 6.92 Å². The van der Waals surface area contributed by atoms with Crippen LogP contribution in [0.5, 0.6) is 0 Å². The molecule has 0 unspecified atom stereocenters. The van der Waals surface area contributed by atoms with Crippen molar-refractivity contribution in [3.8, 4) is 0 Å². The van der Waals surface area contributed by atoms with Crippen LogP contribution in [0, 0.1) is 10.1 Å². The minimum Gasteiger partial charge on any atom is -0.364 e. The van der Waals surface area contributed by atoms with Crippen LogP contribution < -0.4 is 10.0 Å². The van der Waals surface area contributed by atoms with E-state index in [4.69, 9.17) is 0 Å². The normalized spacial score (nSPS) is 11.6. The zero-order valence-corrected chi connectivity index (χ0v) is 12.5. The Labute approximate surface area is 117 Å². The molecule has 0 aliphatic carbocycles. The second-order valence-electron chi connectivity index (χ2n) is 4.33. The van der Waals surface area contributed by atoms with E-state index in [-0.39, 0.29) is 12.2 Å². The maximum Gasteiger partial charge on any atom is 0.333 e. The molecule has 0 bridgehead atoms. The van der Waals surface area contributed by atoms with E-state index in [0.29, 0.717) is 30.9 Å². The first-order valence-corrected chi connectivity index (χ1v) is 8.04. The first-order valence-electron chi connectivity index (χ1n) is 6.15. The maximum absolute atomic E-state index is 11.1. The van der Waals surface area contributed by atoms with Gasteiger partial charge in [0.15, 0.2) is 0 Å². The van der Waals surface area contributed by atoms with Gasteiger partial charge in [0.05, 0.1) is 11.2 Å². The molecule has 20 heavy (non-hydrogen) atoms. The molecule has 9 nitrogen and oxygen atoms in total. The molecule has 0 saturated heterocycles. The van der Waals surface area contributed by atoms with Crippen molar-refractivity contribution in [1.82, 2.24) is 14.5 Å². The van der Waals surface area contributed by atoms with Gasteiger partial charge in [-0.15, -0.1) is 0 Å². The third kappa shape index (κ3) is 4.46. The predicted molar refractivity (Wildman–Crippen MR) is 75.2 cm³/mol. The first-order chi connectivity index (χ1) is 9.26. The van der Waals surface area contributed by atoms with Crippen molar-refractivity contribution >= 4 is 21.5 Å². The fraction of sp³-hybridized carbons (Fsp3) is 0.700. The summed E-state index contributed by atoms with van der Waals surface area (Å²) in [5, 5.41) is 18.1. The van der Waals surface area contributed by atoms with E-state index in [9.17, 15) is 18.5 Å². The summed E-state index contributed by atoms with van der Waals surface area (Å²) in [4.78, 5) is 10.6. The Kier molecular flexibility index (Phi) is 5.45. The number of aryl methyl sites for hydroxylation is 2. The highest BCUT2D eigenvalue weighted by atomic mass is 32.2. The number of aromatic nitrogens is 2. The van der Waals surface area contributed by atoms with Crippen molar-refractivity contribution in [2.75, 3.05) is 24.7 Å². The van der Waals surface area contributed by atoms with Crippen LogP contribution in [0.25, 0.3) is 0 Å². The monoisotopic (exact) mass is 305 g/mol. The molecular weight excluding hydrogens is 286 g/mol. The summed E-state index contributed by atoms with van der Waals surface area (Å²) in [6.07, 6.45) is 2.07. The zero-order chi connectivity index (χ0) is 15.3. The van der Waals surface area contributed by atoms with E-state index in [1.807, 2.05) is 0 Å². The lowest BCUT2D eigenvalue weighted by molar-refractivity contribution is -0.384. The summed E-state index contributed by atoms with van der Waals surface area (Å²) < 4.78 is 25.5. The molecule has 0 atom stereocenters. The second kappa shape index (κ2) is 6.66. The molecule has 1 rings (SSSR count). The van der Waals surface area contributed by atoms with Gasteiger partial charge in [0, 0.05) is 20.1 Å². The van der Waals surface area contributed by atoms with E-state index < -0.39 is 14.9 Å². The van der Waals surface area contributed by atoms with E-state index in [1.54, 1.807) is 14.0 Å². The SMILES string of the molecule is CCc1nn(C)c(NCCCNS(C)(=O)=O)c1[N+](=O)[O-]. The summed E-state index contributed by atoms with van der Waals surface area (Å²) >= 11 is 0. The van der Waals surface area contributed by atoms with Gasteiger partial charge in [-0.25, -0.2) is 17.8 Å². The fourth-order valence-corrected chi connectivity index (χ4v) is 2.26. The maximum atomic E-state index is 11.1. The largest absolute Gasteiger partial charge is 0.364 e. The Bertz CT molecular complexity index is 581. The third-order valence-electron chi connectivity index (χ3n) is 2.62. The molecule has 0 spiro atoms. The van der Waals surface area contributed by atoms with Gasteiger partial charge in [-0.2, -0.15) is 5.10 Å². The molecule has 1 aromatic rings. The molecule has 0 radical (unpaired) electrons. The molecule has 114 valence electrons. The topological polar surface area (TPSA) is 119 Å². The lowest BCUT2D eigenvalue weighted by Gasteiger charge is -2.06. The van der Waals surface area contributed by atoms with Crippen molar-refractivity contribution in [1.29, 1.82) is 0 Å². The summed E-state index contributed by atoms with van der Waals surface area (Å²) in [5.41, 5.74) is 0.403. The Morgan fingerprint density at radius 1 is 1.40 bits per heavy atom. The van der Waals surface area contributed by atoms with E-state index in [0.717, 1.165) is 6.26 Å². The molecule has 1 aromatic heterocycles. The summed E-state index contributed by atoms with van der Waals surface area (Å²) in [6.45, 7) is 2.49. The van der Waals surface area contributed by atoms with Gasteiger partial charge in [0.1, 0.15) is 5.69 Å². The van der Waals surface area contributed by atoms with E-state index in [1.165, 1.54) is 4.68 Å². The Balaban J connectivity index is 2.64. The van der Waals surface area contributed by atoms with Gasteiger partial charge < -0.3 is 5.32 Å². The van der Waals surface area contributed by atoms with Crippen LogP contribution in [0.1, 0.15) is 19.0 Å². The minimum atomic E-state index is -3.20. The number of hydrogen-bond acceptors (Lipinski definition) is 6. The molecule has 0 aliphatic rings. The van der Waals surface area contributed by atoms with Crippen LogP contribution in [0.3, 0.4) is 0 Å². The number of hydrogen-bond donors (Lipinski definition) is 2. The van der Waals surface area contributed by atoms with E-state index in [2.05, 4.69) is 15.1 Å². The Hall–Kier alpha value is -1.68. The molecule has 1 heterocycles. The molecule has 2 N–H and O–H groups in total. The molecular formula is C10H19N5O4S. The Morgan fingerprint density at radius 2 is 2.05 bits per heavy atom. The van der Waals surface area contributed by atoms with Crippen LogP contribution in [0.15, 0.2) is 0 Å². The first kappa shape index (κ1) is 16.4. The number of anilines is 1. The molecule has 0 aromatic carbocycles. The highest BCUT2D eigenvalue weighted by molar-refractivity contribution is 7.88. The van der Waals surface area contributed by atoms with E-state index >= 15 is 0 Å². The lowest BCUT2D eigenvalue weighted by Crippen LogP contribution is -2.24. The Morgan fingerprint density at radius 3 is 2.55 bits per heavy atom. The zero-order valence-electron chi connectivity index (χ0n) is 11.7. The van der Waals surface area contributed by atoms with Crippen LogP contribution in [0.2, 0.25) is 0 Å². The van der Waals surface area contributed by atoms with Crippen LogP contribution in [-0.4, -0.2) is 42.5 Å². The number of nitro groups is 1. The summed E-state index contributed by atoms with van der Waals surface area (Å²) in [6, 6.07) is 0. The number of rotatable bonds is 8. The standard InChI is InChI=1S/C10H19N5O4S/c1-4-8-9(15(16)17)10(14(2)13-8)11-6-5-7-12-20(3,18)19/h11-12H,4-7H2,1-3H3. The van der Waals surface area contributed by atoms with Crippen molar-refractivity contribution in [2.24, 2.45) is 7.05 Å². The summed E-state index contributed by atoms with van der Waals surface area (Å²) in [5.74, 6) is 0.339. The smallest absolute Gasteiger partial charge is 0.333 e. The third-order valence-corrected chi connectivity index (χ3v) is 3.35. The average Bonchev–Trinajstić information content (AvgIpc) is 2.64. The number of nitrogens with zero attached hydrogens (tertiary/aromatic N) is 3. The molecule has 10 heteroatoms. The predicted octanol–water partition coefficient (Wildman–Crippen LogP) is 0.242. The molecule has 0 amide bonds. The van der Waals surface area contributed by atoms with Crippen LogP contribution in [0.4, 0.5) is 11.5 Å². The molecule has 0 saturated carbocycles.